The Morgan fingerprint density at radius 2 is 1.06 bits per heavy atom. The van der Waals surface area contributed by atoms with Gasteiger partial charge in [-0.05, 0) is 34.0 Å². The predicted octanol–water partition coefficient (Wildman–Crippen LogP) is 8.67. The highest BCUT2D eigenvalue weighted by Gasteiger charge is 2.21. The summed E-state index contributed by atoms with van der Waals surface area (Å²) in [5.41, 5.74) is 2.26. The van der Waals surface area contributed by atoms with Crippen LogP contribution in [0.1, 0.15) is 13.7 Å². The first-order chi connectivity index (χ1) is 21.5. The van der Waals surface area contributed by atoms with Gasteiger partial charge in [0.1, 0.15) is 5.82 Å². The van der Waals surface area contributed by atoms with Gasteiger partial charge < -0.3 is 0 Å². The number of hydrogen-bond donors (Lipinski definition) is 0. The van der Waals surface area contributed by atoms with E-state index < -0.39 is 36.3 Å². The van der Waals surface area contributed by atoms with Crippen LogP contribution in [0.25, 0.3) is 60.8 Å². The van der Waals surface area contributed by atoms with Crippen LogP contribution in [0.3, 0.4) is 0 Å². The van der Waals surface area contributed by atoms with Crippen LogP contribution in [-0.2, 0) is 0 Å². The summed E-state index contributed by atoms with van der Waals surface area (Å²) in [6, 6.07) is 17.7. The Labute approximate surface area is 217 Å². The van der Waals surface area contributed by atoms with E-state index in [1.165, 1.54) is 0 Å². The van der Waals surface area contributed by atoms with E-state index in [0.717, 1.165) is 0 Å². The van der Waals surface area contributed by atoms with E-state index in [4.69, 9.17) is 18.7 Å². The van der Waals surface area contributed by atoms with E-state index >= 15 is 0 Å². The third-order valence-corrected chi connectivity index (χ3v) is 6.16. The maximum Gasteiger partial charge on any atom is 0.145 e. The van der Waals surface area contributed by atoms with Crippen LogP contribution >= 0.6 is 0 Å². The monoisotopic (exact) mass is 456 g/mol. The summed E-state index contributed by atoms with van der Waals surface area (Å²) in [7, 11) is 0. The third kappa shape index (κ3) is 3.08. The molecule has 7 aromatic rings. The first-order valence-electron chi connectivity index (χ1n) is 16.1. The van der Waals surface area contributed by atoms with Crippen LogP contribution < -0.4 is 0 Å². The predicted molar refractivity (Wildman–Crippen MR) is 147 cm³/mol. The molecular weight excluding hydrogens is 424 g/mol. The van der Waals surface area contributed by atoms with E-state index in [9.17, 15) is 0 Å². The molecule has 0 unspecified atom stereocenters. The van der Waals surface area contributed by atoms with E-state index in [2.05, 4.69) is 0 Å². The van der Waals surface area contributed by atoms with Crippen molar-refractivity contribution in [1.29, 1.82) is 0 Å². The quantitative estimate of drug-likeness (QED) is 0.243. The van der Waals surface area contributed by atoms with Crippen molar-refractivity contribution in [3.05, 3.63) is 133 Å². The van der Waals surface area contributed by atoms with Crippen molar-refractivity contribution in [1.82, 2.24) is 9.55 Å². The zero-order valence-electron chi connectivity index (χ0n) is 28.3. The van der Waals surface area contributed by atoms with Gasteiger partial charge in [0, 0.05) is 16.3 Å². The lowest BCUT2D eigenvalue weighted by molar-refractivity contribution is 1.13. The van der Waals surface area contributed by atoms with Crippen LogP contribution in [0.4, 0.5) is 0 Å². The number of aromatic nitrogens is 2. The molecule has 2 nitrogen and oxygen atoms in total. The summed E-state index contributed by atoms with van der Waals surface area (Å²) in [5, 5.41) is 2.51. The molecule has 0 bridgehead atoms. The van der Waals surface area contributed by atoms with E-state index in [1.54, 1.807) is 10.6 Å². The Hall–Kier alpha value is -4.69. The fourth-order valence-electron chi connectivity index (χ4n) is 4.77. The van der Waals surface area contributed by atoms with Crippen LogP contribution in [0.2, 0.25) is 0 Å². The van der Waals surface area contributed by atoms with Crippen molar-refractivity contribution in [2.24, 2.45) is 0 Å². The largest absolute Gasteiger partial charge is 0.291 e. The van der Waals surface area contributed by atoms with Crippen molar-refractivity contribution in [3.8, 4) is 28.2 Å². The van der Waals surface area contributed by atoms with Gasteiger partial charge in [-0.25, -0.2) is 4.98 Å². The normalized spacial score (nSPS) is 15.4. The molecule has 0 aliphatic rings. The minimum Gasteiger partial charge on any atom is -0.291 e. The minimum atomic E-state index is -0.504. The highest BCUT2D eigenvalue weighted by molar-refractivity contribution is 6.18. The molecule has 2 heteroatoms. The number of fused-ring (bicyclic) bond motifs is 3. The number of nitrogens with zero attached hydrogens (tertiary/aromatic N) is 2. The van der Waals surface area contributed by atoms with Crippen molar-refractivity contribution in [3.63, 3.8) is 0 Å². The van der Waals surface area contributed by atoms with Gasteiger partial charge in [0.2, 0.25) is 0 Å². The number of rotatable bonds is 3. The maximum absolute atomic E-state index is 8.79. The highest BCUT2D eigenvalue weighted by atomic mass is 15.1. The van der Waals surface area contributed by atoms with Crippen molar-refractivity contribution < 1.29 is 13.7 Å². The molecule has 164 valence electrons. The van der Waals surface area contributed by atoms with Crippen LogP contribution in [0.15, 0.2) is 133 Å². The van der Waals surface area contributed by atoms with E-state index in [-0.39, 0.29) is 41.1 Å². The molecule has 0 saturated heterocycles. The number of imidazole rings is 1. The van der Waals surface area contributed by atoms with Gasteiger partial charge in [0.25, 0.3) is 0 Å². The molecule has 0 amide bonds. The van der Waals surface area contributed by atoms with Gasteiger partial charge >= 0.3 is 0 Å². The zero-order valence-corrected chi connectivity index (χ0v) is 18.3. The lowest BCUT2D eigenvalue weighted by Gasteiger charge is -2.20. The lowest BCUT2D eigenvalue weighted by atomic mass is 9.90. The van der Waals surface area contributed by atoms with Crippen LogP contribution in [-0.4, -0.2) is 9.55 Å². The summed E-state index contributed by atoms with van der Waals surface area (Å²) >= 11 is 0. The smallest absolute Gasteiger partial charge is 0.145 e. The number of hydrogen-bond acceptors (Lipinski definition) is 1. The minimum absolute atomic E-state index is 0.0555. The van der Waals surface area contributed by atoms with Crippen molar-refractivity contribution in [2.45, 2.75) is 0 Å². The SMILES string of the molecule is [2H]c1c([2H])c([2H])c(-c2c3ccccc3c(-n3c(-c4c([2H])c([2H])c([2H])c([2H])c4[2H])nc4ccccc43)c3ccccc23)c([2H])c1[2H]. The molecule has 0 saturated carbocycles. The van der Waals surface area contributed by atoms with Gasteiger partial charge in [-0.1, -0.05) is 121 Å². The fraction of sp³-hybridized carbons (Fsp3) is 0. The van der Waals surface area contributed by atoms with Gasteiger partial charge in [-0.3, -0.25) is 4.57 Å². The fourth-order valence-corrected chi connectivity index (χ4v) is 4.77. The summed E-state index contributed by atoms with van der Waals surface area (Å²) in [4.78, 5) is 4.81. The third-order valence-electron chi connectivity index (χ3n) is 6.16. The molecule has 0 aliphatic carbocycles. The molecule has 0 N–H and O–H groups in total. The molecule has 0 aliphatic heterocycles. The lowest BCUT2D eigenvalue weighted by Crippen LogP contribution is -2.01. The summed E-state index contributed by atoms with van der Waals surface area (Å²) in [6.07, 6.45) is 0. The summed E-state index contributed by atoms with van der Waals surface area (Å²) in [6.45, 7) is 0. The second-order valence-electron chi connectivity index (χ2n) is 8.07. The Morgan fingerprint density at radius 3 is 1.69 bits per heavy atom. The molecule has 0 spiro atoms. The van der Waals surface area contributed by atoms with Crippen LogP contribution in [0, 0.1) is 0 Å². The summed E-state index contributed by atoms with van der Waals surface area (Å²) < 4.78 is 86.6. The topological polar surface area (TPSA) is 17.8 Å². The molecule has 0 radical (unpaired) electrons. The van der Waals surface area contributed by atoms with E-state index in [0.29, 0.717) is 43.8 Å². The molecule has 1 heterocycles. The first-order valence-corrected chi connectivity index (χ1v) is 11.1. The molecule has 1 aromatic heterocycles. The molecule has 7 rings (SSSR count). The van der Waals surface area contributed by atoms with Crippen molar-refractivity contribution >= 4 is 32.6 Å². The molecule has 35 heavy (non-hydrogen) atoms. The van der Waals surface area contributed by atoms with Gasteiger partial charge in [-0.2, -0.15) is 0 Å². The second-order valence-corrected chi connectivity index (χ2v) is 8.07. The highest BCUT2D eigenvalue weighted by Crippen LogP contribution is 2.43. The Balaban J connectivity index is 1.72. The molecule has 6 aromatic carbocycles. The average Bonchev–Trinajstić information content (AvgIpc) is 3.43. The second kappa shape index (κ2) is 7.96. The standard InChI is InChI=1S/C33H22N2/c1-3-13-23(14-4-1)31-25-17-7-9-19-27(25)32(28-20-10-8-18-26(28)31)35-30-22-12-11-21-29(30)34-33(35)24-15-5-2-6-16-24/h1-22H/i1D,2D,3D,4D,5D,6D,13D,14D,15D,16D. The number of benzene rings is 6. The Kier molecular flexibility index (Phi) is 2.76. The summed E-state index contributed by atoms with van der Waals surface area (Å²) in [5.74, 6) is 0.152. The van der Waals surface area contributed by atoms with E-state index in [1.807, 2.05) is 66.7 Å². The van der Waals surface area contributed by atoms with Crippen molar-refractivity contribution in [2.75, 3.05) is 0 Å². The average molecular weight is 457 g/mol. The Bertz CT molecular complexity index is 2280. The molecule has 0 fully saturated rings. The maximum atomic E-state index is 8.79. The Morgan fingerprint density at radius 1 is 0.543 bits per heavy atom. The zero-order chi connectivity index (χ0) is 31.9. The molecular formula is C33H22N2. The first kappa shape index (κ1) is 12.1. The van der Waals surface area contributed by atoms with Crippen LogP contribution in [0.5, 0.6) is 0 Å². The van der Waals surface area contributed by atoms with Gasteiger partial charge in [-0.15, -0.1) is 0 Å². The van der Waals surface area contributed by atoms with Gasteiger partial charge in [0.05, 0.1) is 30.4 Å². The number of para-hydroxylation sites is 2. The molecule has 0 atom stereocenters. The van der Waals surface area contributed by atoms with Gasteiger partial charge in [0.15, 0.2) is 0 Å².